The number of nitrogens with zero attached hydrogens (tertiary/aromatic N) is 1. The maximum absolute atomic E-state index is 11.7. The molecule has 9 nitrogen and oxygen atoms in total. The number of thiazole rings is 1. The number of phenols is 1. The zero-order valence-corrected chi connectivity index (χ0v) is 25.3. The average molecular weight is 621 g/mol. The van der Waals surface area contributed by atoms with Crippen LogP contribution in [0.1, 0.15) is 57.9 Å². The number of fused-ring (bicyclic) bond motifs is 1. The third kappa shape index (κ3) is 6.47. The van der Waals surface area contributed by atoms with Crippen molar-refractivity contribution in [2.45, 2.75) is 50.4 Å². The number of benzene rings is 2. The van der Waals surface area contributed by atoms with Crippen molar-refractivity contribution in [3.05, 3.63) is 103 Å². The molecule has 0 amide bonds. The fraction of sp³-hybridized carbons (Fsp3) is 0.375. The van der Waals surface area contributed by atoms with Crippen molar-refractivity contribution >= 4 is 32.9 Å². The topological polar surface area (TPSA) is 144 Å². The quantitative estimate of drug-likeness (QED) is 0.0991. The number of aromatic nitrogens is 2. The predicted molar refractivity (Wildman–Crippen MR) is 169 cm³/mol. The molecule has 1 fully saturated rings. The summed E-state index contributed by atoms with van der Waals surface area (Å²) in [5, 5.41) is 39.1. The lowest BCUT2D eigenvalue weighted by atomic mass is 9.69. The van der Waals surface area contributed by atoms with Crippen LogP contribution in [-0.4, -0.2) is 44.9 Å². The van der Waals surface area contributed by atoms with Crippen LogP contribution in [0.4, 0.5) is 0 Å². The first-order chi connectivity index (χ1) is 20.9. The number of rotatable bonds is 14. The molecule has 0 radical (unpaired) electrons. The number of hydrogen-bond acceptors (Lipinski definition) is 10. The van der Waals surface area contributed by atoms with Gasteiger partial charge in [0.25, 0.3) is 0 Å². The second-order valence-electron chi connectivity index (χ2n) is 11.0. The maximum Gasteiger partial charge on any atom is 0.305 e. The third-order valence-corrected chi connectivity index (χ3v) is 10.3. The van der Waals surface area contributed by atoms with Gasteiger partial charge in [-0.3, -0.25) is 4.79 Å². The van der Waals surface area contributed by atoms with Gasteiger partial charge >= 0.3 is 4.87 Å². The largest absolute Gasteiger partial charge is 0.506 e. The van der Waals surface area contributed by atoms with Gasteiger partial charge in [-0.1, -0.05) is 54.2 Å². The molecule has 0 saturated heterocycles. The fourth-order valence-electron chi connectivity index (χ4n) is 5.59. The molecule has 3 heterocycles. The minimum Gasteiger partial charge on any atom is -0.506 e. The van der Waals surface area contributed by atoms with Crippen molar-refractivity contribution in [2.75, 3.05) is 19.6 Å². The summed E-state index contributed by atoms with van der Waals surface area (Å²) in [5.41, 5.74) is 0.644. The van der Waals surface area contributed by atoms with Gasteiger partial charge in [0.1, 0.15) is 17.0 Å². The van der Waals surface area contributed by atoms with E-state index in [1.165, 1.54) is 15.8 Å². The molecule has 5 aromatic rings. The summed E-state index contributed by atoms with van der Waals surface area (Å²) in [4.78, 5) is 21.1. The SMILES string of the molecule is O=c1[nH]c2c(O)ccc([C@@H](O)CNCCc3ccc(CNCCc4cnc(C(O)(c5ccccc5)C5CCC5)o4)s3)c2s1. The van der Waals surface area contributed by atoms with Crippen LogP contribution in [-0.2, 0) is 25.0 Å². The molecule has 1 aliphatic carbocycles. The summed E-state index contributed by atoms with van der Waals surface area (Å²) in [6.07, 6.45) is 5.52. The van der Waals surface area contributed by atoms with E-state index in [1.807, 2.05) is 30.3 Å². The Kier molecular flexibility index (Phi) is 9.08. The highest BCUT2D eigenvalue weighted by atomic mass is 32.1. The van der Waals surface area contributed by atoms with Crippen molar-refractivity contribution in [1.29, 1.82) is 0 Å². The van der Waals surface area contributed by atoms with Gasteiger partial charge in [-0.25, -0.2) is 4.98 Å². The maximum atomic E-state index is 11.7. The molecule has 11 heteroatoms. The monoisotopic (exact) mass is 620 g/mol. The minimum atomic E-state index is -1.19. The Bertz CT molecular complexity index is 1710. The number of nitrogens with one attached hydrogen (secondary N) is 3. The van der Waals surface area contributed by atoms with Crippen molar-refractivity contribution in [2.24, 2.45) is 5.92 Å². The van der Waals surface area contributed by atoms with Crippen LogP contribution in [0, 0.1) is 5.92 Å². The highest BCUT2D eigenvalue weighted by Gasteiger charge is 2.46. The predicted octanol–water partition coefficient (Wildman–Crippen LogP) is 4.58. The molecule has 226 valence electrons. The molecular formula is C32H36N4O5S2. The lowest BCUT2D eigenvalue weighted by Crippen LogP contribution is -2.40. The summed E-state index contributed by atoms with van der Waals surface area (Å²) in [6, 6.07) is 17.1. The molecule has 2 aromatic carbocycles. The van der Waals surface area contributed by atoms with E-state index in [0.29, 0.717) is 41.2 Å². The van der Waals surface area contributed by atoms with Gasteiger partial charge in [0.05, 0.1) is 17.0 Å². The second kappa shape index (κ2) is 13.1. The van der Waals surface area contributed by atoms with Crippen LogP contribution in [0.15, 0.2) is 70.0 Å². The van der Waals surface area contributed by atoms with Crippen LogP contribution in [0.2, 0.25) is 0 Å². The van der Waals surface area contributed by atoms with E-state index in [9.17, 15) is 20.1 Å². The molecule has 1 aliphatic rings. The van der Waals surface area contributed by atoms with Gasteiger partial charge in [0.15, 0.2) is 5.60 Å². The standard InChI is InChI=1S/C32H36N4O5S2/c37-26-12-11-25(29-28(26)36-31(39)43-29)27(38)19-34-16-14-23-9-10-24(42-23)18-33-15-13-22-17-35-30(41-22)32(40,21-7-4-8-21)20-5-2-1-3-6-20/h1-3,5-6,9-12,17,21,27,33-34,37-38,40H,4,7-8,13-16,18-19H2,(H,36,39)/t27-,32?/m0/s1. The Morgan fingerprint density at radius 3 is 2.60 bits per heavy atom. The average Bonchev–Trinajstić information content (AvgIpc) is 3.73. The smallest absolute Gasteiger partial charge is 0.305 e. The summed E-state index contributed by atoms with van der Waals surface area (Å²) >= 11 is 2.75. The van der Waals surface area contributed by atoms with E-state index in [0.717, 1.165) is 61.4 Å². The Morgan fingerprint density at radius 2 is 1.81 bits per heavy atom. The molecule has 6 N–H and O–H groups in total. The van der Waals surface area contributed by atoms with Gasteiger partial charge in [0, 0.05) is 53.8 Å². The first kappa shape index (κ1) is 29.7. The second-order valence-corrected chi connectivity index (χ2v) is 13.3. The normalized spacial score (nSPS) is 15.9. The first-order valence-corrected chi connectivity index (χ1v) is 16.3. The number of oxazole rings is 1. The van der Waals surface area contributed by atoms with Crippen LogP contribution in [0.5, 0.6) is 5.75 Å². The number of aliphatic hydroxyl groups excluding tert-OH is 1. The van der Waals surface area contributed by atoms with Gasteiger partial charge < -0.3 is 35.4 Å². The number of H-pyrrole nitrogens is 1. The van der Waals surface area contributed by atoms with E-state index < -0.39 is 11.7 Å². The van der Waals surface area contributed by atoms with Crippen molar-refractivity contribution < 1.29 is 19.7 Å². The Labute approximate surface area is 257 Å². The summed E-state index contributed by atoms with van der Waals surface area (Å²) in [5.74, 6) is 1.27. The van der Waals surface area contributed by atoms with Crippen molar-refractivity contribution in [1.82, 2.24) is 20.6 Å². The zero-order chi connectivity index (χ0) is 29.8. The Balaban J connectivity index is 0.939. The molecule has 43 heavy (non-hydrogen) atoms. The van der Waals surface area contributed by atoms with Crippen LogP contribution in [0.25, 0.3) is 10.2 Å². The molecule has 0 bridgehead atoms. The van der Waals surface area contributed by atoms with Gasteiger partial charge in [-0.15, -0.1) is 11.3 Å². The molecule has 0 spiro atoms. The number of hydrogen-bond donors (Lipinski definition) is 6. The highest BCUT2D eigenvalue weighted by molar-refractivity contribution is 7.16. The molecule has 1 saturated carbocycles. The first-order valence-electron chi connectivity index (χ1n) is 14.7. The number of aliphatic hydroxyl groups is 2. The van der Waals surface area contributed by atoms with Crippen molar-refractivity contribution in [3.63, 3.8) is 0 Å². The summed E-state index contributed by atoms with van der Waals surface area (Å²) in [7, 11) is 0. The lowest BCUT2D eigenvalue weighted by Gasteiger charge is -2.39. The van der Waals surface area contributed by atoms with E-state index in [1.54, 1.807) is 23.6 Å². The van der Waals surface area contributed by atoms with E-state index in [4.69, 9.17) is 4.42 Å². The third-order valence-electron chi connectivity index (χ3n) is 8.19. The number of thiophene rings is 1. The number of aromatic hydroxyl groups is 1. The van der Waals surface area contributed by atoms with Crippen molar-refractivity contribution in [3.8, 4) is 5.75 Å². The fourth-order valence-corrected chi connectivity index (χ4v) is 7.49. The molecule has 6 rings (SSSR count). The van der Waals surface area contributed by atoms with Crippen LogP contribution < -0.4 is 15.5 Å². The molecule has 3 aromatic heterocycles. The molecule has 1 unspecified atom stereocenters. The summed E-state index contributed by atoms with van der Waals surface area (Å²) in [6.45, 7) is 2.54. The summed E-state index contributed by atoms with van der Waals surface area (Å²) < 4.78 is 6.68. The van der Waals surface area contributed by atoms with E-state index >= 15 is 0 Å². The molecular weight excluding hydrogens is 585 g/mol. The zero-order valence-electron chi connectivity index (χ0n) is 23.7. The van der Waals surface area contributed by atoms with Crippen LogP contribution >= 0.6 is 22.7 Å². The highest BCUT2D eigenvalue weighted by Crippen LogP contribution is 2.46. The van der Waals surface area contributed by atoms with Crippen LogP contribution in [0.3, 0.4) is 0 Å². The van der Waals surface area contributed by atoms with Gasteiger partial charge in [-0.05, 0) is 43.0 Å². The van der Waals surface area contributed by atoms with E-state index in [2.05, 4.69) is 32.7 Å². The minimum absolute atomic E-state index is 0.00293. The molecule has 2 atom stereocenters. The Hall–Kier alpha value is -3.32. The van der Waals surface area contributed by atoms with Gasteiger partial charge in [-0.2, -0.15) is 0 Å². The van der Waals surface area contributed by atoms with E-state index in [-0.39, 0.29) is 16.5 Å². The van der Waals surface area contributed by atoms with Gasteiger partial charge in [0.2, 0.25) is 5.89 Å². The molecule has 0 aliphatic heterocycles. The number of aromatic amines is 1. The Morgan fingerprint density at radius 1 is 1.02 bits per heavy atom. The number of phenolic OH excluding ortho intramolecular Hbond substituents is 1. The lowest BCUT2D eigenvalue weighted by molar-refractivity contribution is -0.0413.